The molecule has 0 spiro atoms. The minimum Gasteiger partial charge on any atom is -0.0789 e. The molecule has 4 heteroatoms. The van der Waals surface area contributed by atoms with Crippen LogP contribution in [0.25, 0.3) is 0 Å². The first kappa shape index (κ1) is 6.97. The Morgan fingerprint density at radius 3 is 1.20 bits per heavy atom. The summed E-state index contributed by atoms with van der Waals surface area (Å²) in [6.45, 7) is 0. The molecule has 0 N–H and O–H groups in total. The predicted molar refractivity (Wildman–Crippen MR) is 38.1 cm³/mol. The number of alkyl halides is 3. The monoisotopic (exact) mass is 278 g/mol. The summed E-state index contributed by atoms with van der Waals surface area (Å²) >= 11 is 10.9. The molecular weight excluding hydrogens is 279 g/mol. The molecule has 0 aliphatic rings. The molecular formula is CH2AlBr3. The molecule has 0 aliphatic heterocycles. The Morgan fingerprint density at radius 1 is 1.20 bits per heavy atom. The molecule has 0 saturated heterocycles. The van der Waals surface area contributed by atoms with E-state index in [0.717, 1.165) is 16.3 Å². The number of halogens is 3. The molecule has 0 atom stereocenters. The molecule has 0 bridgehead atoms. The fourth-order valence-corrected chi connectivity index (χ4v) is 0. The molecule has 0 aromatic carbocycles. The maximum Gasteiger partial charge on any atom is 0.274 e. The molecule has 0 rings (SSSR count). The summed E-state index contributed by atoms with van der Waals surface area (Å²) in [6.07, 6.45) is 0. The number of hydrogen-bond donors (Lipinski definition) is 0. The van der Waals surface area contributed by atoms with Crippen LogP contribution in [0.4, 0.5) is 0 Å². The van der Waals surface area contributed by atoms with Crippen LogP contribution in [0.2, 0.25) is 0 Å². The van der Waals surface area contributed by atoms with Gasteiger partial charge in [-0.25, -0.2) is 0 Å². The lowest BCUT2D eigenvalue weighted by Gasteiger charge is -1.96. The van der Waals surface area contributed by atoms with Crippen LogP contribution < -0.4 is 0 Å². The summed E-state index contributed by atoms with van der Waals surface area (Å²) < 4.78 is 0.0764. The van der Waals surface area contributed by atoms with Crippen LogP contribution in [0.1, 0.15) is 0 Å². The summed E-state index contributed by atoms with van der Waals surface area (Å²) in [7, 11) is 0. The van der Waals surface area contributed by atoms with Gasteiger partial charge < -0.3 is 0 Å². The van der Waals surface area contributed by atoms with Gasteiger partial charge in [0.2, 0.25) is 0 Å². The van der Waals surface area contributed by atoms with Crippen LogP contribution in [-0.2, 0) is 0 Å². The van der Waals surface area contributed by atoms with Crippen LogP contribution >= 0.6 is 47.8 Å². The third-order valence-corrected chi connectivity index (χ3v) is 0. The summed E-state index contributed by atoms with van der Waals surface area (Å²) in [5.74, 6) is 0. The highest BCUT2D eigenvalue weighted by Gasteiger charge is 2.05. The standard InChI is InChI=1S/CBr3.Al.2H/c2-1(3)4;;;. The fraction of sp³-hybridized carbons (Fsp3) is 1.00. The highest BCUT2D eigenvalue weighted by Crippen LogP contribution is 2.27. The van der Waals surface area contributed by atoms with Gasteiger partial charge in [-0.3, -0.25) is 0 Å². The van der Waals surface area contributed by atoms with Crippen molar-refractivity contribution >= 4 is 64.1 Å². The van der Waals surface area contributed by atoms with Crippen LogP contribution in [-0.4, -0.2) is 17.3 Å². The van der Waals surface area contributed by atoms with Crippen molar-refractivity contribution in [1.29, 1.82) is 0 Å². The van der Waals surface area contributed by atoms with E-state index in [2.05, 4.69) is 47.8 Å². The van der Waals surface area contributed by atoms with E-state index in [0.29, 0.717) is 0 Å². The van der Waals surface area contributed by atoms with E-state index in [-0.39, 0.29) is 1.00 Å². The van der Waals surface area contributed by atoms with E-state index < -0.39 is 0 Å². The zero-order valence-corrected chi connectivity index (χ0v) is 9.39. The van der Waals surface area contributed by atoms with Gasteiger partial charge in [0, 0.05) is 0 Å². The summed E-state index contributed by atoms with van der Waals surface area (Å²) in [5.41, 5.74) is 0. The van der Waals surface area contributed by atoms with Gasteiger partial charge in [0.25, 0.3) is 16.3 Å². The van der Waals surface area contributed by atoms with Crippen molar-refractivity contribution in [2.24, 2.45) is 0 Å². The van der Waals surface area contributed by atoms with E-state index in [9.17, 15) is 0 Å². The second-order valence-electron chi connectivity index (χ2n) is 0.781. The minimum absolute atomic E-state index is 0.0764. The van der Waals surface area contributed by atoms with E-state index >= 15 is 0 Å². The molecule has 30 valence electrons. The number of rotatable bonds is 0. The Kier molecular flexibility index (Phi) is 3.24. The average molecular weight is 281 g/mol. The van der Waals surface area contributed by atoms with E-state index in [1.807, 2.05) is 0 Å². The van der Waals surface area contributed by atoms with Crippen molar-refractivity contribution < 1.29 is 0 Å². The van der Waals surface area contributed by atoms with E-state index in [4.69, 9.17) is 0 Å². The lowest BCUT2D eigenvalue weighted by atomic mass is 11.9. The Bertz CT molecular complexity index is 22.4. The number of hydrogen-bond acceptors (Lipinski definition) is 0. The molecule has 0 aromatic rings. The lowest BCUT2D eigenvalue weighted by molar-refractivity contribution is 2.03. The Morgan fingerprint density at radius 2 is 1.20 bits per heavy atom. The first-order chi connectivity index (χ1) is 2.00. The normalized spacial score (nSPS) is 11.8. The molecule has 0 saturated carbocycles. The van der Waals surface area contributed by atoms with Crippen LogP contribution in [0.3, 0.4) is 0 Å². The molecule has 0 amide bonds. The first-order valence-corrected chi connectivity index (χ1v) is 4.45. The van der Waals surface area contributed by atoms with Gasteiger partial charge in [0.1, 0.15) is 0 Å². The van der Waals surface area contributed by atoms with Crippen LogP contribution in [0, 0.1) is 0 Å². The third-order valence-electron chi connectivity index (χ3n) is 0. The summed E-state index contributed by atoms with van der Waals surface area (Å²) in [6, 6.07) is 0. The van der Waals surface area contributed by atoms with Gasteiger partial charge in [0.05, 0.1) is 1.00 Å². The van der Waals surface area contributed by atoms with E-state index in [1.165, 1.54) is 0 Å². The van der Waals surface area contributed by atoms with Crippen molar-refractivity contribution in [3.63, 3.8) is 0 Å². The fourth-order valence-electron chi connectivity index (χ4n) is 0. The SMILES string of the molecule is [AlH2][C](Br)(Br)Br. The van der Waals surface area contributed by atoms with Crippen molar-refractivity contribution in [1.82, 2.24) is 0 Å². The maximum atomic E-state index is 3.27. The molecule has 0 heterocycles. The lowest BCUT2D eigenvalue weighted by Crippen LogP contribution is -1.93. The molecule has 0 fully saturated rings. The molecule has 5 heavy (non-hydrogen) atoms. The quantitative estimate of drug-likeness (QED) is 0.465. The highest BCUT2D eigenvalue weighted by molar-refractivity contribution is 9.40. The van der Waals surface area contributed by atoms with Gasteiger partial charge in [-0.1, -0.05) is 47.8 Å². The smallest absolute Gasteiger partial charge is 0.0789 e. The van der Waals surface area contributed by atoms with Gasteiger partial charge >= 0.3 is 0 Å². The molecule has 0 unspecified atom stereocenters. The van der Waals surface area contributed by atoms with Gasteiger partial charge in [-0.2, -0.15) is 0 Å². The highest BCUT2D eigenvalue weighted by atomic mass is 80.0. The summed E-state index contributed by atoms with van der Waals surface area (Å²) in [5, 5.41) is 0. The van der Waals surface area contributed by atoms with Crippen LogP contribution in [0.15, 0.2) is 0 Å². The molecule has 0 aromatic heterocycles. The Hall–Kier alpha value is 1.97. The Labute approximate surface area is 64.5 Å². The topological polar surface area (TPSA) is 0 Å². The third kappa shape index (κ3) is 24.2. The van der Waals surface area contributed by atoms with E-state index in [1.54, 1.807) is 0 Å². The molecule has 0 aliphatic carbocycles. The zero-order chi connectivity index (χ0) is 4.50. The largest absolute Gasteiger partial charge is 0.274 e. The maximum absolute atomic E-state index is 3.27. The minimum atomic E-state index is 0.0764. The zero-order valence-electron chi connectivity index (χ0n) is 2.63. The second-order valence-corrected chi connectivity index (χ2v) is 14.6. The van der Waals surface area contributed by atoms with Crippen molar-refractivity contribution in [3.8, 4) is 0 Å². The van der Waals surface area contributed by atoms with Gasteiger partial charge in [0.15, 0.2) is 0 Å². The Balaban J connectivity index is 3.02. The first-order valence-electron chi connectivity index (χ1n) is 1.07. The molecule has 0 nitrogen and oxygen atoms in total. The second kappa shape index (κ2) is 2.32. The van der Waals surface area contributed by atoms with Crippen molar-refractivity contribution in [3.05, 3.63) is 0 Å². The van der Waals surface area contributed by atoms with Crippen molar-refractivity contribution in [2.75, 3.05) is 0 Å². The van der Waals surface area contributed by atoms with Crippen LogP contribution in [0.5, 0.6) is 0 Å². The summed E-state index contributed by atoms with van der Waals surface area (Å²) in [4.78, 5) is 0. The van der Waals surface area contributed by atoms with Crippen molar-refractivity contribution in [2.45, 2.75) is 1.00 Å². The van der Waals surface area contributed by atoms with Gasteiger partial charge in [-0.15, -0.1) is 0 Å². The van der Waals surface area contributed by atoms with Gasteiger partial charge in [-0.05, 0) is 0 Å². The average Bonchev–Trinajstić information content (AvgIpc) is 0.722. The predicted octanol–water partition coefficient (Wildman–Crippen LogP) is 1.42. The molecule has 0 radical (unpaired) electrons.